The van der Waals surface area contributed by atoms with E-state index in [4.69, 9.17) is 9.47 Å². The Balaban J connectivity index is 2.03. The highest BCUT2D eigenvalue weighted by molar-refractivity contribution is 5.89. The van der Waals surface area contributed by atoms with Gasteiger partial charge in [0.25, 0.3) is 0 Å². The molecular formula is C23H26O3. The number of esters is 1. The Labute approximate surface area is 156 Å². The smallest absolute Gasteiger partial charge is 0.338 e. The molecule has 3 nitrogen and oxygen atoms in total. The van der Waals surface area contributed by atoms with Gasteiger partial charge in [-0.25, -0.2) is 4.79 Å². The molecule has 0 aliphatic carbocycles. The van der Waals surface area contributed by atoms with E-state index < -0.39 is 0 Å². The lowest BCUT2D eigenvalue weighted by Gasteiger charge is -2.07. The van der Waals surface area contributed by atoms with Gasteiger partial charge in [0.2, 0.25) is 0 Å². The summed E-state index contributed by atoms with van der Waals surface area (Å²) in [4.78, 5) is 11.7. The fourth-order valence-corrected chi connectivity index (χ4v) is 2.36. The molecule has 0 heterocycles. The fraction of sp³-hybridized carbons (Fsp3) is 0.261. The monoisotopic (exact) mass is 350 g/mol. The molecular weight excluding hydrogens is 324 g/mol. The quantitative estimate of drug-likeness (QED) is 0.366. The van der Waals surface area contributed by atoms with Crippen LogP contribution in [-0.2, 0) is 4.74 Å². The third-order valence-corrected chi connectivity index (χ3v) is 3.86. The zero-order chi connectivity index (χ0) is 18.9. The number of benzene rings is 2. The van der Waals surface area contributed by atoms with Crippen LogP contribution in [0.1, 0.15) is 47.8 Å². The third-order valence-electron chi connectivity index (χ3n) is 3.86. The molecule has 0 aliphatic heterocycles. The van der Waals surface area contributed by atoms with E-state index in [1.165, 1.54) is 5.57 Å². The van der Waals surface area contributed by atoms with E-state index in [0.29, 0.717) is 18.8 Å². The molecule has 0 aliphatic rings. The summed E-state index contributed by atoms with van der Waals surface area (Å²) in [7, 11) is 0. The summed E-state index contributed by atoms with van der Waals surface area (Å²) in [6.45, 7) is 8.95. The van der Waals surface area contributed by atoms with Gasteiger partial charge in [-0.2, -0.15) is 0 Å². The number of ether oxygens (including phenoxy) is 2. The van der Waals surface area contributed by atoms with E-state index in [0.717, 1.165) is 22.4 Å². The first-order valence-electron chi connectivity index (χ1n) is 8.81. The van der Waals surface area contributed by atoms with E-state index in [-0.39, 0.29) is 5.97 Å². The van der Waals surface area contributed by atoms with E-state index in [1.54, 1.807) is 19.1 Å². The Morgan fingerprint density at radius 3 is 2.38 bits per heavy atom. The van der Waals surface area contributed by atoms with Crippen LogP contribution in [0.25, 0.3) is 12.2 Å². The molecule has 2 rings (SSSR count). The second-order valence-corrected chi connectivity index (χ2v) is 6.29. The standard InChI is InChI=1S/C23H26O3/c1-5-25-23(24)21-10-7-19(8-11-21)6-9-20-12-13-22(16-18(20)4)26-15-14-17(2)3/h6-14,16H,5,15H2,1-4H3/b9-6+. The average molecular weight is 350 g/mol. The number of carbonyl (C=O) groups excluding carboxylic acids is 1. The van der Waals surface area contributed by atoms with Crippen LogP contribution < -0.4 is 4.74 Å². The van der Waals surface area contributed by atoms with Crippen molar-refractivity contribution < 1.29 is 14.3 Å². The van der Waals surface area contributed by atoms with Crippen molar-refractivity contribution in [2.75, 3.05) is 13.2 Å². The first-order chi connectivity index (χ1) is 12.5. The molecule has 26 heavy (non-hydrogen) atoms. The first-order valence-corrected chi connectivity index (χ1v) is 8.81. The summed E-state index contributed by atoms with van der Waals surface area (Å²) in [5, 5.41) is 0. The van der Waals surface area contributed by atoms with Gasteiger partial charge in [-0.3, -0.25) is 0 Å². The van der Waals surface area contributed by atoms with E-state index in [1.807, 2.05) is 30.3 Å². The van der Waals surface area contributed by atoms with Gasteiger partial charge in [0.05, 0.1) is 12.2 Å². The molecule has 0 amide bonds. The first kappa shape index (κ1) is 19.5. The number of aryl methyl sites for hydroxylation is 1. The van der Waals surface area contributed by atoms with Gasteiger partial charge >= 0.3 is 5.97 Å². The molecule has 0 N–H and O–H groups in total. The molecule has 0 unspecified atom stereocenters. The molecule has 2 aromatic carbocycles. The van der Waals surface area contributed by atoms with Crippen LogP contribution in [0.4, 0.5) is 0 Å². The van der Waals surface area contributed by atoms with Gasteiger partial charge in [0.15, 0.2) is 0 Å². The molecule has 0 bridgehead atoms. The highest BCUT2D eigenvalue weighted by Crippen LogP contribution is 2.20. The highest BCUT2D eigenvalue weighted by Gasteiger charge is 2.04. The molecule has 0 saturated carbocycles. The zero-order valence-electron chi connectivity index (χ0n) is 15.9. The second-order valence-electron chi connectivity index (χ2n) is 6.29. The maximum absolute atomic E-state index is 11.7. The van der Waals surface area contributed by atoms with Crippen molar-refractivity contribution in [3.05, 3.63) is 76.4 Å². The van der Waals surface area contributed by atoms with Gasteiger partial charge in [-0.15, -0.1) is 0 Å². The number of carbonyl (C=O) groups is 1. The van der Waals surface area contributed by atoms with E-state index in [2.05, 4.69) is 39.0 Å². The Bertz CT molecular complexity index is 795. The maximum atomic E-state index is 11.7. The third kappa shape index (κ3) is 5.92. The normalized spacial score (nSPS) is 10.6. The van der Waals surface area contributed by atoms with Crippen molar-refractivity contribution >= 4 is 18.1 Å². The van der Waals surface area contributed by atoms with Crippen molar-refractivity contribution in [3.8, 4) is 5.75 Å². The summed E-state index contributed by atoms with van der Waals surface area (Å²) in [6.07, 6.45) is 6.15. The molecule has 0 spiro atoms. The SMILES string of the molecule is CCOC(=O)c1ccc(/C=C/c2ccc(OCC=C(C)C)cc2C)cc1. The zero-order valence-corrected chi connectivity index (χ0v) is 15.9. The molecule has 0 atom stereocenters. The van der Waals surface area contributed by atoms with Gasteiger partial charge in [-0.1, -0.05) is 35.9 Å². The van der Waals surface area contributed by atoms with Crippen molar-refractivity contribution in [2.45, 2.75) is 27.7 Å². The molecule has 3 heteroatoms. The van der Waals surface area contributed by atoms with Crippen molar-refractivity contribution in [3.63, 3.8) is 0 Å². The second kappa shape index (κ2) is 9.62. The van der Waals surface area contributed by atoms with Gasteiger partial charge < -0.3 is 9.47 Å². The van der Waals surface area contributed by atoms with Crippen LogP contribution in [0.2, 0.25) is 0 Å². The van der Waals surface area contributed by atoms with Crippen LogP contribution >= 0.6 is 0 Å². The van der Waals surface area contributed by atoms with Gasteiger partial charge in [0.1, 0.15) is 12.4 Å². The van der Waals surface area contributed by atoms with Gasteiger partial charge in [-0.05, 0) is 74.7 Å². The predicted molar refractivity (Wildman–Crippen MR) is 107 cm³/mol. The summed E-state index contributed by atoms with van der Waals surface area (Å²) in [6, 6.07) is 13.5. The molecule has 0 radical (unpaired) electrons. The number of hydrogen-bond acceptors (Lipinski definition) is 3. The van der Waals surface area contributed by atoms with Crippen LogP contribution in [0, 0.1) is 6.92 Å². The summed E-state index contributed by atoms with van der Waals surface area (Å²) in [5.74, 6) is 0.582. The lowest BCUT2D eigenvalue weighted by molar-refractivity contribution is 0.0526. The average Bonchev–Trinajstić information content (AvgIpc) is 2.61. The maximum Gasteiger partial charge on any atom is 0.338 e. The summed E-state index contributed by atoms with van der Waals surface area (Å²) >= 11 is 0. The topological polar surface area (TPSA) is 35.5 Å². The van der Waals surface area contributed by atoms with Crippen LogP contribution in [0.3, 0.4) is 0 Å². The van der Waals surface area contributed by atoms with Crippen LogP contribution in [0.5, 0.6) is 5.75 Å². The lowest BCUT2D eigenvalue weighted by Crippen LogP contribution is -2.03. The minimum Gasteiger partial charge on any atom is -0.490 e. The molecule has 0 aromatic heterocycles. The lowest BCUT2D eigenvalue weighted by atomic mass is 10.1. The number of allylic oxidation sites excluding steroid dienone is 1. The summed E-state index contributed by atoms with van der Waals surface area (Å²) in [5.41, 5.74) is 5.13. The molecule has 0 saturated heterocycles. The predicted octanol–water partition coefficient (Wildman–Crippen LogP) is 5.69. The van der Waals surface area contributed by atoms with Crippen molar-refractivity contribution in [1.82, 2.24) is 0 Å². The van der Waals surface area contributed by atoms with Gasteiger partial charge in [0, 0.05) is 0 Å². The molecule has 0 fully saturated rings. The van der Waals surface area contributed by atoms with Crippen LogP contribution in [0.15, 0.2) is 54.1 Å². The Hall–Kier alpha value is -2.81. The van der Waals surface area contributed by atoms with E-state index in [9.17, 15) is 4.79 Å². The Morgan fingerprint density at radius 1 is 1.04 bits per heavy atom. The molecule has 2 aromatic rings. The number of rotatable bonds is 7. The Morgan fingerprint density at radius 2 is 1.77 bits per heavy atom. The minimum atomic E-state index is -0.289. The summed E-state index contributed by atoms with van der Waals surface area (Å²) < 4.78 is 10.7. The van der Waals surface area contributed by atoms with Crippen molar-refractivity contribution in [1.29, 1.82) is 0 Å². The highest BCUT2D eigenvalue weighted by atomic mass is 16.5. The largest absolute Gasteiger partial charge is 0.490 e. The minimum absolute atomic E-state index is 0.289. The number of hydrogen-bond donors (Lipinski definition) is 0. The van der Waals surface area contributed by atoms with E-state index >= 15 is 0 Å². The Kier molecular flexibility index (Phi) is 7.22. The van der Waals surface area contributed by atoms with Crippen molar-refractivity contribution in [2.24, 2.45) is 0 Å². The molecule has 136 valence electrons. The van der Waals surface area contributed by atoms with Crippen LogP contribution in [-0.4, -0.2) is 19.2 Å². The fourth-order valence-electron chi connectivity index (χ4n) is 2.36.